The fraction of sp³-hybridized carbons (Fsp3) is 0.625. The molecule has 1 aliphatic heterocycles. The summed E-state index contributed by atoms with van der Waals surface area (Å²) < 4.78 is 6.85. The molecular weight excluding hydrogens is 316 g/mol. The summed E-state index contributed by atoms with van der Waals surface area (Å²) in [4.78, 5) is 2.41. The second-order valence-corrected chi connectivity index (χ2v) is 6.70. The van der Waals surface area contributed by atoms with Crippen LogP contribution < -0.4 is 5.32 Å². The van der Waals surface area contributed by atoms with Crippen LogP contribution in [0.2, 0.25) is 0 Å². The van der Waals surface area contributed by atoms with Crippen molar-refractivity contribution in [3.8, 4) is 0 Å². The van der Waals surface area contributed by atoms with E-state index in [0.29, 0.717) is 0 Å². The summed E-state index contributed by atoms with van der Waals surface area (Å²) in [7, 11) is 2.20. The van der Waals surface area contributed by atoms with Gasteiger partial charge in [-0.15, -0.1) is 0 Å². The molecule has 1 unspecified atom stereocenters. The van der Waals surface area contributed by atoms with E-state index < -0.39 is 0 Å². The maximum atomic E-state index is 5.66. The molecule has 0 aromatic heterocycles. The molecule has 1 aliphatic rings. The standard InChI is InChI=1S/C16H25BrN2O/c1-3-18-11-16(8-9-20-13-16)12-19(2)10-14-6-4-5-7-15(14)17/h4-7,18H,3,8-13H2,1-2H3. The van der Waals surface area contributed by atoms with Crippen molar-refractivity contribution >= 4 is 15.9 Å². The van der Waals surface area contributed by atoms with Gasteiger partial charge in [-0.05, 0) is 31.6 Å². The normalized spacial score (nSPS) is 22.6. The van der Waals surface area contributed by atoms with Gasteiger partial charge in [0.1, 0.15) is 0 Å². The molecule has 1 fully saturated rings. The molecule has 3 nitrogen and oxygen atoms in total. The number of benzene rings is 1. The lowest BCUT2D eigenvalue weighted by Gasteiger charge is -2.32. The minimum absolute atomic E-state index is 0.270. The Morgan fingerprint density at radius 2 is 2.20 bits per heavy atom. The van der Waals surface area contributed by atoms with Crippen molar-refractivity contribution in [1.82, 2.24) is 10.2 Å². The van der Waals surface area contributed by atoms with E-state index in [1.165, 1.54) is 10.0 Å². The SMILES string of the molecule is CCNCC1(CN(C)Cc2ccccc2Br)CCOC1. The van der Waals surface area contributed by atoms with E-state index in [2.05, 4.69) is 64.4 Å². The van der Waals surface area contributed by atoms with Gasteiger partial charge < -0.3 is 15.0 Å². The van der Waals surface area contributed by atoms with E-state index in [1.807, 2.05) is 0 Å². The summed E-state index contributed by atoms with van der Waals surface area (Å²) in [6.07, 6.45) is 1.15. The first-order valence-electron chi connectivity index (χ1n) is 7.36. The lowest BCUT2D eigenvalue weighted by Crippen LogP contribution is -2.43. The molecule has 112 valence electrons. The molecule has 20 heavy (non-hydrogen) atoms. The third-order valence-corrected chi connectivity index (χ3v) is 4.71. The van der Waals surface area contributed by atoms with Crippen LogP contribution in [0.1, 0.15) is 18.9 Å². The molecule has 0 spiro atoms. The van der Waals surface area contributed by atoms with Gasteiger partial charge in [-0.1, -0.05) is 41.1 Å². The van der Waals surface area contributed by atoms with E-state index >= 15 is 0 Å². The molecule has 1 heterocycles. The molecular formula is C16H25BrN2O. The molecule has 0 amide bonds. The fourth-order valence-corrected chi connectivity index (χ4v) is 3.32. The smallest absolute Gasteiger partial charge is 0.0547 e. The Hall–Kier alpha value is -0.420. The van der Waals surface area contributed by atoms with Crippen LogP contribution in [-0.2, 0) is 11.3 Å². The maximum absolute atomic E-state index is 5.66. The molecule has 1 N–H and O–H groups in total. The van der Waals surface area contributed by atoms with Crippen LogP contribution in [0.25, 0.3) is 0 Å². The molecule has 0 saturated carbocycles. The van der Waals surface area contributed by atoms with Crippen LogP contribution in [0.4, 0.5) is 0 Å². The number of rotatable bonds is 7. The summed E-state index contributed by atoms with van der Waals surface area (Å²) in [6.45, 7) is 8.04. The minimum atomic E-state index is 0.270. The molecule has 1 atom stereocenters. The average molecular weight is 341 g/mol. The molecule has 4 heteroatoms. The van der Waals surface area contributed by atoms with Gasteiger partial charge in [-0.3, -0.25) is 0 Å². The number of hydrogen-bond acceptors (Lipinski definition) is 3. The van der Waals surface area contributed by atoms with Crippen molar-refractivity contribution in [2.45, 2.75) is 19.9 Å². The van der Waals surface area contributed by atoms with Gasteiger partial charge in [0.25, 0.3) is 0 Å². The van der Waals surface area contributed by atoms with E-state index in [-0.39, 0.29) is 5.41 Å². The van der Waals surface area contributed by atoms with E-state index in [9.17, 15) is 0 Å². The lowest BCUT2D eigenvalue weighted by atomic mass is 9.86. The van der Waals surface area contributed by atoms with Gasteiger partial charge in [-0.25, -0.2) is 0 Å². The number of hydrogen-bond donors (Lipinski definition) is 1. The van der Waals surface area contributed by atoms with Crippen molar-refractivity contribution < 1.29 is 4.74 Å². The monoisotopic (exact) mass is 340 g/mol. The lowest BCUT2D eigenvalue weighted by molar-refractivity contribution is 0.117. The quantitative estimate of drug-likeness (QED) is 0.825. The van der Waals surface area contributed by atoms with Crippen LogP contribution in [-0.4, -0.2) is 44.8 Å². The molecule has 1 aromatic rings. The largest absolute Gasteiger partial charge is 0.381 e. The highest BCUT2D eigenvalue weighted by molar-refractivity contribution is 9.10. The number of halogens is 1. The first-order chi connectivity index (χ1) is 9.65. The van der Waals surface area contributed by atoms with Crippen LogP contribution >= 0.6 is 15.9 Å². The van der Waals surface area contributed by atoms with Crippen LogP contribution in [0.3, 0.4) is 0 Å². The van der Waals surface area contributed by atoms with Gasteiger partial charge in [0, 0.05) is 36.1 Å². The molecule has 0 radical (unpaired) electrons. The van der Waals surface area contributed by atoms with Crippen molar-refractivity contribution in [3.63, 3.8) is 0 Å². The first-order valence-corrected chi connectivity index (χ1v) is 8.15. The predicted molar refractivity (Wildman–Crippen MR) is 86.9 cm³/mol. The Labute approximate surface area is 130 Å². The molecule has 2 rings (SSSR count). The number of nitrogens with one attached hydrogen (secondary N) is 1. The summed E-state index contributed by atoms with van der Waals surface area (Å²) >= 11 is 3.63. The topological polar surface area (TPSA) is 24.5 Å². The zero-order valence-corrected chi connectivity index (χ0v) is 14.1. The third kappa shape index (κ3) is 4.29. The van der Waals surface area contributed by atoms with E-state index in [4.69, 9.17) is 4.74 Å². The van der Waals surface area contributed by atoms with Crippen LogP contribution in [0.15, 0.2) is 28.7 Å². The maximum Gasteiger partial charge on any atom is 0.0547 e. The van der Waals surface area contributed by atoms with Gasteiger partial charge in [0.2, 0.25) is 0 Å². The van der Waals surface area contributed by atoms with Crippen molar-refractivity contribution in [2.24, 2.45) is 5.41 Å². The Morgan fingerprint density at radius 3 is 2.85 bits per heavy atom. The second kappa shape index (κ2) is 7.55. The van der Waals surface area contributed by atoms with Crippen molar-refractivity contribution in [2.75, 3.05) is 39.9 Å². The van der Waals surface area contributed by atoms with Crippen LogP contribution in [0.5, 0.6) is 0 Å². The zero-order chi connectivity index (χ0) is 14.4. The first kappa shape index (κ1) is 16.0. The summed E-state index contributed by atoms with van der Waals surface area (Å²) in [5, 5.41) is 3.50. The Balaban J connectivity index is 1.95. The second-order valence-electron chi connectivity index (χ2n) is 5.85. The van der Waals surface area contributed by atoms with Crippen molar-refractivity contribution in [3.05, 3.63) is 34.3 Å². The minimum Gasteiger partial charge on any atom is -0.381 e. The predicted octanol–water partition coefficient (Wildman–Crippen LogP) is 2.90. The summed E-state index contributed by atoms with van der Waals surface area (Å²) in [5.74, 6) is 0. The summed E-state index contributed by atoms with van der Waals surface area (Å²) in [6, 6.07) is 8.45. The average Bonchev–Trinajstić information content (AvgIpc) is 2.88. The number of nitrogens with zero attached hydrogens (tertiary/aromatic N) is 1. The fourth-order valence-electron chi connectivity index (χ4n) is 2.91. The van der Waals surface area contributed by atoms with E-state index in [0.717, 1.165) is 45.8 Å². The van der Waals surface area contributed by atoms with Gasteiger partial charge in [0.15, 0.2) is 0 Å². The third-order valence-electron chi connectivity index (χ3n) is 3.94. The van der Waals surface area contributed by atoms with Crippen molar-refractivity contribution in [1.29, 1.82) is 0 Å². The molecule has 1 saturated heterocycles. The zero-order valence-electron chi connectivity index (χ0n) is 12.5. The Bertz CT molecular complexity index is 419. The van der Waals surface area contributed by atoms with Crippen LogP contribution in [0, 0.1) is 5.41 Å². The number of ether oxygens (including phenoxy) is 1. The van der Waals surface area contributed by atoms with Gasteiger partial charge >= 0.3 is 0 Å². The molecule has 0 bridgehead atoms. The highest BCUT2D eigenvalue weighted by Gasteiger charge is 2.35. The molecule has 0 aliphatic carbocycles. The summed E-state index contributed by atoms with van der Waals surface area (Å²) in [5.41, 5.74) is 1.61. The Kier molecular flexibility index (Phi) is 6.02. The highest BCUT2D eigenvalue weighted by atomic mass is 79.9. The van der Waals surface area contributed by atoms with Gasteiger partial charge in [0.05, 0.1) is 6.61 Å². The highest BCUT2D eigenvalue weighted by Crippen LogP contribution is 2.29. The Morgan fingerprint density at radius 1 is 1.40 bits per heavy atom. The van der Waals surface area contributed by atoms with E-state index in [1.54, 1.807) is 0 Å². The molecule has 1 aromatic carbocycles. The van der Waals surface area contributed by atoms with Gasteiger partial charge in [-0.2, -0.15) is 0 Å².